The van der Waals surface area contributed by atoms with Crippen LogP contribution in [-0.2, 0) is 6.54 Å². The fourth-order valence-electron chi connectivity index (χ4n) is 2.49. The van der Waals surface area contributed by atoms with Gasteiger partial charge in [-0.1, -0.05) is 23.7 Å². The molecule has 0 atom stereocenters. The highest BCUT2D eigenvalue weighted by atomic mass is 79.9. The SMILES string of the molecule is COc1cc(NC(=S)Nc2nn(Cc3ccc(Cl)cc3)cc2Br)cc(OC)c1. The van der Waals surface area contributed by atoms with Crippen molar-refractivity contribution in [1.29, 1.82) is 0 Å². The molecular formula is C19H18BrClN4O2S. The van der Waals surface area contributed by atoms with Crippen LogP contribution in [0.1, 0.15) is 5.56 Å². The fraction of sp³-hybridized carbons (Fsp3) is 0.158. The zero-order chi connectivity index (χ0) is 20.1. The molecule has 0 aliphatic carbocycles. The number of hydrogen-bond acceptors (Lipinski definition) is 4. The summed E-state index contributed by atoms with van der Waals surface area (Å²) < 4.78 is 13.1. The Morgan fingerprint density at radius 3 is 2.36 bits per heavy atom. The Morgan fingerprint density at radius 1 is 1.11 bits per heavy atom. The van der Waals surface area contributed by atoms with Gasteiger partial charge >= 0.3 is 0 Å². The zero-order valence-corrected chi connectivity index (χ0v) is 18.4. The first-order chi connectivity index (χ1) is 13.5. The Morgan fingerprint density at radius 2 is 1.75 bits per heavy atom. The molecule has 0 unspecified atom stereocenters. The van der Waals surface area contributed by atoms with E-state index in [0.717, 1.165) is 15.7 Å². The average Bonchev–Trinajstić information content (AvgIpc) is 3.01. The summed E-state index contributed by atoms with van der Waals surface area (Å²) in [6, 6.07) is 13.1. The summed E-state index contributed by atoms with van der Waals surface area (Å²) in [5, 5.41) is 11.8. The maximum atomic E-state index is 5.93. The van der Waals surface area contributed by atoms with Crippen LogP contribution in [0.3, 0.4) is 0 Å². The highest BCUT2D eigenvalue weighted by molar-refractivity contribution is 9.10. The molecule has 1 aromatic heterocycles. The molecule has 6 nitrogen and oxygen atoms in total. The number of nitrogens with one attached hydrogen (secondary N) is 2. The van der Waals surface area contributed by atoms with Crippen molar-refractivity contribution < 1.29 is 9.47 Å². The Labute approximate surface area is 181 Å². The number of anilines is 2. The van der Waals surface area contributed by atoms with Crippen LogP contribution in [0.5, 0.6) is 11.5 Å². The molecular weight excluding hydrogens is 464 g/mol. The molecule has 0 saturated heterocycles. The highest BCUT2D eigenvalue weighted by Crippen LogP contribution is 2.26. The standard InChI is InChI=1S/C19H18BrClN4O2S/c1-26-15-7-14(8-16(9-15)27-2)22-19(28)23-18-17(20)11-25(24-18)10-12-3-5-13(21)6-4-12/h3-9,11H,10H2,1-2H3,(H2,22,23,24,28). The first kappa shape index (κ1) is 20.4. The van der Waals surface area contributed by atoms with Gasteiger partial charge in [0.1, 0.15) is 11.5 Å². The molecule has 0 spiro atoms. The molecule has 0 amide bonds. The third-order valence-corrected chi connectivity index (χ3v) is 4.85. The van der Waals surface area contributed by atoms with Gasteiger partial charge in [0.25, 0.3) is 0 Å². The van der Waals surface area contributed by atoms with Crippen molar-refractivity contribution in [1.82, 2.24) is 9.78 Å². The number of aromatic nitrogens is 2. The molecule has 3 rings (SSSR count). The maximum Gasteiger partial charge on any atom is 0.176 e. The molecule has 28 heavy (non-hydrogen) atoms. The molecule has 3 aromatic rings. The molecule has 0 bridgehead atoms. The monoisotopic (exact) mass is 480 g/mol. The predicted octanol–water partition coefficient (Wildman–Crippen LogP) is 5.17. The van der Waals surface area contributed by atoms with E-state index in [9.17, 15) is 0 Å². The molecule has 146 valence electrons. The number of ether oxygens (including phenoxy) is 2. The molecule has 1 heterocycles. The number of halogens is 2. The maximum absolute atomic E-state index is 5.93. The van der Waals surface area contributed by atoms with Gasteiger partial charge in [-0.15, -0.1) is 0 Å². The second kappa shape index (κ2) is 9.27. The van der Waals surface area contributed by atoms with Crippen LogP contribution in [0.15, 0.2) is 53.1 Å². The van der Waals surface area contributed by atoms with E-state index in [1.54, 1.807) is 20.3 Å². The largest absolute Gasteiger partial charge is 0.497 e. The normalized spacial score (nSPS) is 10.4. The lowest BCUT2D eigenvalue weighted by Gasteiger charge is -2.12. The summed E-state index contributed by atoms with van der Waals surface area (Å²) >= 11 is 14.8. The van der Waals surface area contributed by atoms with E-state index in [0.29, 0.717) is 34.0 Å². The summed E-state index contributed by atoms with van der Waals surface area (Å²) in [4.78, 5) is 0. The summed E-state index contributed by atoms with van der Waals surface area (Å²) in [6.07, 6.45) is 1.88. The lowest BCUT2D eigenvalue weighted by atomic mass is 10.2. The highest BCUT2D eigenvalue weighted by Gasteiger charge is 2.10. The molecule has 2 N–H and O–H groups in total. The summed E-state index contributed by atoms with van der Waals surface area (Å²) in [5.41, 5.74) is 1.83. The van der Waals surface area contributed by atoms with E-state index in [1.165, 1.54) is 0 Å². The van der Waals surface area contributed by atoms with Gasteiger partial charge in [-0.2, -0.15) is 5.10 Å². The van der Waals surface area contributed by atoms with E-state index < -0.39 is 0 Å². The molecule has 0 aliphatic heterocycles. The van der Waals surface area contributed by atoms with Crippen molar-refractivity contribution in [2.24, 2.45) is 0 Å². The summed E-state index contributed by atoms with van der Waals surface area (Å²) in [6.45, 7) is 0.616. The van der Waals surface area contributed by atoms with Crippen molar-refractivity contribution in [3.8, 4) is 11.5 Å². The number of nitrogens with zero attached hydrogens (tertiary/aromatic N) is 2. The summed E-state index contributed by atoms with van der Waals surface area (Å²) in [7, 11) is 3.19. The molecule has 0 saturated carbocycles. The minimum absolute atomic E-state index is 0.396. The second-order valence-electron chi connectivity index (χ2n) is 5.83. The second-order valence-corrected chi connectivity index (χ2v) is 7.53. The lowest BCUT2D eigenvalue weighted by molar-refractivity contribution is 0.395. The van der Waals surface area contributed by atoms with Gasteiger partial charge in [0, 0.05) is 35.1 Å². The Bertz CT molecular complexity index is 956. The molecule has 0 aliphatic rings. The van der Waals surface area contributed by atoms with Gasteiger partial charge < -0.3 is 20.1 Å². The van der Waals surface area contributed by atoms with Crippen LogP contribution in [0, 0.1) is 0 Å². The number of methoxy groups -OCH3 is 2. The van der Waals surface area contributed by atoms with Crippen LogP contribution >= 0.6 is 39.7 Å². The number of rotatable bonds is 6. The van der Waals surface area contributed by atoms with Gasteiger partial charge in [0.15, 0.2) is 10.9 Å². The zero-order valence-electron chi connectivity index (χ0n) is 15.2. The first-order valence-electron chi connectivity index (χ1n) is 8.25. The minimum atomic E-state index is 0.396. The van der Waals surface area contributed by atoms with Crippen LogP contribution < -0.4 is 20.1 Å². The van der Waals surface area contributed by atoms with Crippen LogP contribution in [-0.4, -0.2) is 29.1 Å². The quantitative estimate of drug-likeness (QED) is 0.474. The van der Waals surface area contributed by atoms with E-state index in [-0.39, 0.29) is 0 Å². The first-order valence-corrected chi connectivity index (χ1v) is 9.83. The Kier molecular flexibility index (Phi) is 6.77. The van der Waals surface area contributed by atoms with E-state index in [2.05, 4.69) is 31.7 Å². The van der Waals surface area contributed by atoms with E-state index in [1.807, 2.05) is 47.3 Å². The topological polar surface area (TPSA) is 60.3 Å². The molecule has 0 radical (unpaired) electrons. The molecule has 0 fully saturated rings. The predicted molar refractivity (Wildman–Crippen MR) is 120 cm³/mol. The number of hydrogen-bond donors (Lipinski definition) is 2. The number of benzene rings is 2. The third kappa shape index (κ3) is 5.37. The average molecular weight is 482 g/mol. The van der Waals surface area contributed by atoms with Gasteiger partial charge in [-0.3, -0.25) is 4.68 Å². The molecule has 9 heteroatoms. The van der Waals surface area contributed by atoms with E-state index in [4.69, 9.17) is 33.3 Å². The van der Waals surface area contributed by atoms with E-state index >= 15 is 0 Å². The van der Waals surface area contributed by atoms with Crippen LogP contribution in [0.4, 0.5) is 11.5 Å². The third-order valence-electron chi connectivity index (χ3n) is 3.82. The van der Waals surface area contributed by atoms with Crippen molar-refractivity contribution in [3.63, 3.8) is 0 Å². The van der Waals surface area contributed by atoms with Crippen LogP contribution in [0.2, 0.25) is 5.02 Å². The van der Waals surface area contributed by atoms with Gasteiger partial charge in [-0.25, -0.2) is 0 Å². The van der Waals surface area contributed by atoms with Crippen molar-refractivity contribution in [2.45, 2.75) is 6.54 Å². The Balaban J connectivity index is 1.67. The Hall–Kier alpha value is -2.29. The fourth-order valence-corrected chi connectivity index (χ4v) is 3.24. The van der Waals surface area contributed by atoms with Crippen LogP contribution in [0.25, 0.3) is 0 Å². The smallest absolute Gasteiger partial charge is 0.176 e. The lowest BCUT2D eigenvalue weighted by Crippen LogP contribution is -2.20. The van der Waals surface area contributed by atoms with Crippen molar-refractivity contribution >= 4 is 56.4 Å². The minimum Gasteiger partial charge on any atom is -0.497 e. The number of thiocarbonyl (C=S) groups is 1. The van der Waals surface area contributed by atoms with Crippen molar-refractivity contribution in [3.05, 3.63) is 63.7 Å². The van der Waals surface area contributed by atoms with Crippen molar-refractivity contribution in [2.75, 3.05) is 24.9 Å². The van der Waals surface area contributed by atoms with Gasteiger partial charge in [0.2, 0.25) is 0 Å². The molecule has 2 aromatic carbocycles. The summed E-state index contributed by atoms with van der Waals surface area (Å²) in [5.74, 6) is 1.94. The van der Waals surface area contributed by atoms with Gasteiger partial charge in [0.05, 0.1) is 25.2 Å². The van der Waals surface area contributed by atoms with Gasteiger partial charge in [-0.05, 0) is 45.8 Å².